The van der Waals surface area contributed by atoms with Gasteiger partial charge in [0.05, 0.1) is 23.4 Å². The fourth-order valence-electron chi connectivity index (χ4n) is 4.87. The number of benzene rings is 2. The fraction of sp³-hybridized carbons (Fsp3) is 0.308. The smallest absolute Gasteiger partial charge is 0.263 e. The minimum Gasteiger partial charge on any atom is -0.486 e. The van der Waals surface area contributed by atoms with Crippen molar-refractivity contribution in [1.82, 2.24) is 9.80 Å². The summed E-state index contributed by atoms with van der Waals surface area (Å²) in [6, 6.07) is 17.3. The number of thiophene rings is 1. The summed E-state index contributed by atoms with van der Waals surface area (Å²) in [5.74, 6) is 0.804. The van der Waals surface area contributed by atoms with E-state index >= 15 is 0 Å². The Hall–Kier alpha value is -3.36. The van der Waals surface area contributed by atoms with Crippen molar-refractivity contribution in [3.63, 3.8) is 0 Å². The Morgan fingerprint density at radius 3 is 2.50 bits per heavy atom. The van der Waals surface area contributed by atoms with Gasteiger partial charge >= 0.3 is 0 Å². The Bertz CT molecular complexity index is 1220. The van der Waals surface area contributed by atoms with Gasteiger partial charge in [-0.1, -0.05) is 24.3 Å². The minimum atomic E-state index is -0.402. The summed E-state index contributed by atoms with van der Waals surface area (Å²) in [6.07, 6.45) is -0.402. The number of carbonyl (C=O) groups excluding carboxylic acids is 2. The van der Waals surface area contributed by atoms with E-state index in [1.54, 1.807) is 17.4 Å². The highest BCUT2D eigenvalue weighted by molar-refractivity contribution is 7.09. The van der Waals surface area contributed by atoms with Crippen LogP contribution in [0.2, 0.25) is 0 Å². The van der Waals surface area contributed by atoms with Gasteiger partial charge in [-0.05, 0) is 35.7 Å². The lowest BCUT2D eigenvalue weighted by Gasteiger charge is -2.36. The van der Waals surface area contributed by atoms with Crippen LogP contribution in [0.5, 0.6) is 11.5 Å². The third kappa shape index (κ3) is 3.82. The summed E-state index contributed by atoms with van der Waals surface area (Å²) in [5.41, 5.74) is 1.83. The van der Waals surface area contributed by atoms with Crippen molar-refractivity contribution in [2.75, 3.05) is 44.2 Å². The van der Waals surface area contributed by atoms with E-state index in [0.29, 0.717) is 29.2 Å². The first-order valence-corrected chi connectivity index (χ1v) is 12.4. The van der Waals surface area contributed by atoms with Gasteiger partial charge < -0.3 is 14.4 Å². The minimum absolute atomic E-state index is 0.161. The molecule has 0 saturated carbocycles. The van der Waals surface area contributed by atoms with Crippen LogP contribution in [0, 0.1) is 0 Å². The summed E-state index contributed by atoms with van der Waals surface area (Å²) < 4.78 is 11.8. The molecular weight excluding hydrogens is 450 g/mol. The van der Waals surface area contributed by atoms with Crippen LogP contribution in [0.3, 0.4) is 0 Å². The Morgan fingerprint density at radius 1 is 0.882 bits per heavy atom. The monoisotopic (exact) mass is 475 g/mol. The second kappa shape index (κ2) is 8.77. The third-order valence-corrected chi connectivity index (χ3v) is 7.46. The molecular formula is C26H25N3O4S. The molecule has 1 fully saturated rings. The fourth-order valence-corrected chi connectivity index (χ4v) is 5.62. The standard InChI is InChI=1S/C26H25N3O4S/c30-25-20-6-3-7-21(28-12-10-27(11-13-28)16-19-5-4-14-34-19)24(20)26(31)29(25)15-18-17-32-22-8-1-2-9-23(22)33-18/h1-9,14,18H,10-13,15-17H2. The quantitative estimate of drug-likeness (QED) is 0.527. The van der Waals surface area contributed by atoms with E-state index < -0.39 is 6.10 Å². The van der Waals surface area contributed by atoms with Crippen molar-refractivity contribution < 1.29 is 19.1 Å². The number of amides is 2. The Labute approximate surface area is 202 Å². The molecule has 174 valence electrons. The molecule has 34 heavy (non-hydrogen) atoms. The molecule has 0 aliphatic carbocycles. The zero-order valence-electron chi connectivity index (χ0n) is 18.7. The number of rotatable bonds is 5. The normalized spacial score (nSPS) is 20.1. The van der Waals surface area contributed by atoms with Crippen molar-refractivity contribution in [3.05, 3.63) is 76.0 Å². The average Bonchev–Trinajstić information content (AvgIpc) is 3.47. The second-order valence-electron chi connectivity index (χ2n) is 8.76. The van der Waals surface area contributed by atoms with Crippen molar-refractivity contribution in [2.45, 2.75) is 12.6 Å². The van der Waals surface area contributed by atoms with Gasteiger partial charge in [0.2, 0.25) is 0 Å². The van der Waals surface area contributed by atoms with Crippen molar-refractivity contribution in [3.8, 4) is 11.5 Å². The largest absolute Gasteiger partial charge is 0.486 e. The van der Waals surface area contributed by atoms with Gasteiger partial charge in [0.1, 0.15) is 6.61 Å². The highest BCUT2D eigenvalue weighted by Gasteiger charge is 2.40. The number of hydrogen-bond acceptors (Lipinski definition) is 7. The number of ether oxygens (including phenoxy) is 2. The molecule has 6 rings (SSSR count). The maximum atomic E-state index is 13.4. The number of hydrogen-bond donors (Lipinski definition) is 0. The molecule has 1 aromatic heterocycles. The van der Waals surface area contributed by atoms with E-state index in [1.807, 2.05) is 36.4 Å². The molecule has 0 bridgehead atoms. The van der Waals surface area contributed by atoms with Crippen LogP contribution in [0.15, 0.2) is 60.0 Å². The highest BCUT2D eigenvalue weighted by Crippen LogP contribution is 2.35. The molecule has 0 N–H and O–H groups in total. The van der Waals surface area contributed by atoms with Gasteiger partial charge in [-0.3, -0.25) is 19.4 Å². The average molecular weight is 476 g/mol. The van der Waals surface area contributed by atoms with Crippen LogP contribution in [-0.2, 0) is 6.54 Å². The molecule has 3 aromatic rings. The van der Waals surface area contributed by atoms with E-state index in [1.165, 1.54) is 9.78 Å². The Balaban J connectivity index is 1.16. The predicted molar refractivity (Wildman–Crippen MR) is 130 cm³/mol. The maximum absolute atomic E-state index is 13.4. The summed E-state index contributed by atoms with van der Waals surface area (Å²) in [7, 11) is 0. The van der Waals surface area contributed by atoms with Crippen molar-refractivity contribution >= 4 is 28.8 Å². The lowest BCUT2D eigenvalue weighted by molar-refractivity contribution is 0.0430. The Morgan fingerprint density at radius 2 is 1.71 bits per heavy atom. The number of nitrogens with zero attached hydrogens (tertiary/aromatic N) is 3. The molecule has 3 aliphatic rings. The molecule has 0 spiro atoms. The van der Waals surface area contributed by atoms with E-state index in [9.17, 15) is 9.59 Å². The van der Waals surface area contributed by atoms with Crippen LogP contribution >= 0.6 is 11.3 Å². The van der Waals surface area contributed by atoms with Crippen LogP contribution < -0.4 is 14.4 Å². The molecule has 3 aliphatic heterocycles. The summed E-state index contributed by atoms with van der Waals surface area (Å²) in [6.45, 7) is 4.88. The van der Waals surface area contributed by atoms with Crippen molar-refractivity contribution in [2.24, 2.45) is 0 Å². The first-order chi connectivity index (χ1) is 16.7. The second-order valence-corrected chi connectivity index (χ2v) is 9.79. The van der Waals surface area contributed by atoms with E-state index in [4.69, 9.17) is 9.47 Å². The number of piperazine rings is 1. The number of carbonyl (C=O) groups is 2. The third-order valence-electron chi connectivity index (χ3n) is 6.60. The van der Waals surface area contributed by atoms with Crippen LogP contribution in [0.1, 0.15) is 25.6 Å². The summed E-state index contributed by atoms with van der Waals surface area (Å²) in [4.78, 5) is 33.9. The predicted octanol–water partition coefficient (Wildman–Crippen LogP) is 3.51. The maximum Gasteiger partial charge on any atom is 0.263 e. The van der Waals surface area contributed by atoms with E-state index in [2.05, 4.69) is 27.3 Å². The van der Waals surface area contributed by atoms with Crippen LogP contribution in [0.4, 0.5) is 5.69 Å². The van der Waals surface area contributed by atoms with Crippen LogP contribution in [-0.4, -0.2) is 67.0 Å². The van der Waals surface area contributed by atoms with Gasteiger partial charge in [-0.2, -0.15) is 0 Å². The van der Waals surface area contributed by atoms with E-state index in [0.717, 1.165) is 38.4 Å². The first-order valence-electron chi connectivity index (χ1n) is 11.5. The SMILES string of the molecule is O=C1c2cccc(N3CCN(Cc4cccs4)CC3)c2C(=O)N1CC1COc2ccccc2O1. The van der Waals surface area contributed by atoms with Gasteiger partial charge in [0, 0.05) is 37.6 Å². The number of fused-ring (bicyclic) bond motifs is 2. The molecule has 4 heterocycles. The lowest BCUT2D eigenvalue weighted by atomic mass is 10.1. The van der Waals surface area contributed by atoms with Gasteiger partial charge in [-0.15, -0.1) is 11.3 Å². The number of imide groups is 1. The molecule has 1 atom stereocenters. The van der Waals surface area contributed by atoms with Gasteiger partial charge in [0.25, 0.3) is 11.8 Å². The van der Waals surface area contributed by atoms with Crippen molar-refractivity contribution in [1.29, 1.82) is 0 Å². The topological polar surface area (TPSA) is 62.3 Å². The van der Waals surface area contributed by atoms with E-state index in [-0.39, 0.29) is 18.4 Å². The molecule has 1 saturated heterocycles. The molecule has 8 heteroatoms. The van der Waals surface area contributed by atoms with Gasteiger partial charge in [-0.25, -0.2) is 0 Å². The zero-order valence-corrected chi connectivity index (χ0v) is 19.5. The molecule has 2 amide bonds. The van der Waals surface area contributed by atoms with Crippen LogP contribution in [0.25, 0.3) is 0 Å². The zero-order chi connectivity index (χ0) is 23.1. The Kier molecular flexibility index (Phi) is 5.47. The van der Waals surface area contributed by atoms with Gasteiger partial charge in [0.15, 0.2) is 17.6 Å². The lowest BCUT2D eigenvalue weighted by Crippen LogP contribution is -2.46. The molecule has 0 radical (unpaired) electrons. The number of para-hydroxylation sites is 2. The highest BCUT2D eigenvalue weighted by atomic mass is 32.1. The summed E-state index contributed by atoms with van der Waals surface area (Å²) >= 11 is 1.78. The molecule has 1 unspecified atom stereocenters. The molecule has 2 aromatic carbocycles. The molecule has 7 nitrogen and oxygen atoms in total. The first kappa shape index (κ1) is 21.2. The summed E-state index contributed by atoms with van der Waals surface area (Å²) in [5, 5.41) is 2.11. The number of anilines is 1.